The number of hydrogen-bond acceptors (Lipinski definition) is 3. The van der Waals surface area contributed by atoms with Crippen molar-refractivity contribution < 1.29 is 15.0 Å². The predicted molar refractivity (Wildman–Crippen MR) is 52.4 cm³/mol. The molecule has 0 spiro atoms. The van der Waals surface area contributed by atoms with Gasteiger partial charge in [0.1, 0.15) is 0 Å². The second-order valence-corrected chi connectivity index (χ2v) is 3.91. The topological polar surface area (TPSA) is 75.4 Å². The monoisotopic (exact) mass is 210 g/mol. The fourth-order valence-corrected chi connectivity index (χ4v) is 2.17. The first-order valence-electron chi connectivity index (χ1n) is 5.04. The average molecular weight is 210 g/mol. The van der Waals surface area contributed by atoms with Gasteiger partial charge >= 0.3 is 5.97 Å². The first-order chi connectivity index (χ1) is 7.09. The van der Waals surface area contributed by atoms with E-state index in [4.69, 9.17) is 5.11 Å². The number of carboxylic acids is 1. The number of aryl methyl sites for hydroxylation is 2. The lowest BCUT2D eigenvalue weighted by Gasteiger charge is -2.17. The molecule has 1 atom stereocenters. The molecule has 1 unspecified atom stereocenters. The van der Waals surface area contributed by atoms with Crippen molar-refractivity contribution in [3.63, 3.8) is 0 Å². The number of aliphatic carboxylic acids is 1. The Labute approximate surface area is 87.3 Å². The summed E-state index contributed by atoms with van der Waals surface area (Å²) in [5.74, 6) is -0.890. The maximum atomic E-state index is 10.7. The number of hydrogen-bond donors (Lipinski definition) is 2. The van der Waals surface area contributed by atoms with Gasteiger partial charge in [-0.1, -0.05) is 0 Å². The Balaban J connectivity index is 2.44. The van der Waals surface area contributed by atoms with E-state index in [1.807, 2.05) is 0 Å². The summed E-state index contributed by atoms with van der Waals surface area (Å²) in [5.41, 5.74) is 2.23. The molecule has 2 N–H and O–H groups in total. The van der Waals surface area contributed by atoms with Crippen LogP contribution >= 0.6 is 0 Å². The molecule has 0 saturated carbocycles. The highest BCUT2D eigenvalue weighted by atomic mass is 16.4. The Bertz CT molecular complexity index is 398. The van der Waals surface area contributed by atoms with Crippen LogP contribution in [0.1, 0.15) is 35.9 Å². The van der Waals surface area contributed by atoms with Gasteiger partial charge in [0.15, 0.2) is 0 Å². The van der Waals surface area contributed by atoms with E-state index in [-0.39, 0.29) is 6.42 Å². The molecule has 0 aromatic carbocycles. The second kappa shape index (κ2) is 3.66. The first-order valence-corrected chi connectivity index (χ1v) is 5.04. The number of carboxylic acid groups (broad SMARTS) is 1. The summed E-state index contributed by atoms with van der Waals surface area (Å²) >= 11 is 0. The lowest BCUT2D eigenvalue weighted by Crippen LogP contribution is -2.12. The summed E-state index contributed by atoms with van der Waals surface area (Å²) in [6.45, 7) is 0. The van der Waals surface area contributed by atoms with E-state index in [0.29, 0.717) is 12.1 Å². The standard InChI is InChI=1S/C10H14N2O3/c1-12-7(5-9(14)15)10-6(11-12)3-2-4-8(10)13/h8,13H,2-5H2,1H3,(H,14,15). The van der Waals surface area contributed by atoms with Gasteiger partial charge < -0.3 is 10.2 Å². The van der Waals surface area contributed by atoms with E-state index in [0.717, 1.165) is 24.1 Å². The van der Waals surface area contributed by atoms with Gasteiger partial charge in [-0.15, -0.1) is 0 Å². The minimum absolute atomic E-state index is 0.0735. The molecular formula is C10H14N2O3. The normalized spacial score (nSPS) is 20.0. The predicted octanol–water partition coefficient (Wildman–Crippen LogP) is 0.417. The molecule has 0 aliphatic heterocycles. The van der Waals surface area contributed by atoms with Crippen molar-refractivity contribution in [2.45, 2.75) is 31.8 Å². The Morgan fingerprint density at radius 2 is 2.40 bits per heavy atom. The van der Waals surface area contributed by atoms with Crippen LogP contribution in [0.2, 0.25) is 0 Å². The van der Waals surface area contributed by atoms with Gasteiger partial charge in [-0.3, -0.25) is 9.48 Å². The zero-order chi connectivity index (χ0) is 11.0. The van der Waals surface area contributed by atoms with E-state index >= 15 is 0 Å². The molecule has 15 heavy (non-hydrogen) atoms. The van der Waals surface area contributed by atoms with Gasteiger partial charge in [0.25, 0.3) is 0 Å². The molecule has 1 aromatic rings. The second-order valence-electron chi connectivity index (χ2n) is 3.91. The zero-order valence-corrected chi connectivity index (χ0v) is 8.60. The molecule has 0 fully saturated rings. The smallest absolute Gasteiger partial charge is 0.309 e. The van der Waals surface area contributed by atoms with Crippen LogP contribution in [-0.4, -0.2) is 26.0 Å². The Kier molecular flexibility index (Phi) is 2.48. The van der Waals surface area contributed by atoms with E-state index in [9.17, 15) is 9.90 Å². The first kappa shape index (κ1) is 10.2. The number of carbonyl (C=O) groups is 1. The van der Waals surface area contributed by atoms with Crippen LogP contribution in [0, 0.1) is 0 Å². The molecule has 1 heterocycles. The minimum atomic E-state index is -0.890. The average Bonchev–Trinajstić information content (AvgIpc) is 2.43. The van der Waals surface area contributed by atoms with Crippen LogP contribution in [0.25, 0.3) is 0 Å². The number of rotatable bonds is 2. The molecule has 5 heteroatoms. The summed E-state index contributed by atoms with van der Waals surface area (Å²) in [7, 11) is 1.73. The summed E-state index contributed by atoms with van der Waals surface area (Å²) in [6.07, 6.45) is 1.83. The van der Waals surface area contributed by atoms with Crippen molar-refractivity contribution in [3.8, 4) is 0 Å². The molecule has 0 radical (unpaired) electrons. The maximum Gasteiger partial charge on any atom is 0.309 e. The third kappa shape index (κ3) is 1.74. The lowest BCUT2D eigenvalue weighted by molar-refractivity contribution is -0.136. The number of aliphatic hydroxyl groups is 1. The molecule has 1 aliphatic rings. The highest BCUT2D eigenvalue weighted by Crippen LogP contribution is 2.31. The SMILES string of the molecule is Cn1nc2c(c1CC(=O)O)C(O)CCC2. The summed E-state index contributed by atoms with van der Waals surface area (Å²) in [4.78, 5) is 10.7. The van der Waals surface area contributed by atoms with Crippen molar-refractivity contribution in [2.75, 3.05) is 0 Å². The van der Waals surface area contributed by atoms with Crippen molar-refractivity contribution in [2.24, 2.45) is 7.05 Å². The van der Waals surface area contributed by atoms with Crippen LogP contribution < -0.4 is 0 Å². The minimum Gasteiger partial charge on any atom is -0.481 e. The largest absolute Gasteiger partial charge is 0.481 e. The number of fused-ring (bicyclic) bond motifs is 1. The van der Waals surface area contributed by atoms with E-state index < -0.39 is 12.1 Å². The van der Waals surface area contributed by atoms with Gasteiger partial charge in [-0.2, -0.15) is 5.10 Å². The lowest BCUT2D eigenvalue weighted by atomic mass is 9.92. The third-order valence-corrected chi connectivity index (χ3v) is 2.83. The summed E-state index contributed by atoms with van der Waals surface area (Å²) < 4.78 is 1.58. The Morgan fingerprint density at radius 1 is 1.67 bits per heavy atom. The maximum absolute atomic E-state index is 10.7. The summed E-state index contributed by atoms with van der Waals surface area (Å²) in [5, 5.41) is 22.8. The number of nitrogens with zero attached hydrogens (tertiary/aromatic N) is 2. The van der Waals surface area contributed by atoms with Gasteiger partial charge in [0, 0.05) is 12.6 Å². The highest BCUT2D eigenvalue weighted by molar-refractivity contribution is 5.70. The number of aromatic nitrogens is 2. The molecule has 1 aromatic heterocycles. The van der Waals surface area contributed by atoms with Crippen molar-refractivity contribution in [3.05, 3.63) is 17.0 Å². The van der Waals surface area contributed by atoms with Crippen LogP contribution in [0.4, 0.5) is 0 Å². The van der Waals surface area contributed by atoms with Crippen LogP contribution in [0.3, 0.4) is 0 Å². The van der Waals surface area contributed by atoms with Crippen LogP contribution in [0.15, 0.2) is 0 Å². The third-order valence-electron chi connectivity index (χ3n) is 2.83. The molecule has 0 saturated heterocycles. The van der Waals surface area contributed by atoms with E-state index in [1.54, 1.807) is 11.7 Å². The molecule has 0 amide bonds. The molecule has 2 rings (SSSR count). The molecule has 5 nitrogen and oxygen atoms in total. The fourth-order valence-electron chi connectivity index (χ4n) is 2.17. The van der Waals surface area contributed by atoms with E-state index in [1.165, 1.54) is 0 Å². The van der Waals surface area contributed by atoms with Gasteiger partial charge in [0.05, 0.1) is 23.9 Å². The van der Waals surface area contributed by atoms with Crippen LogP contribution in [0.5, 0.6) is 0 Å². The quantitative estimate of drug-likeness (QED) is 0.741. The zero-order valence-electron chi connectivity index (χ0n) is 8.60. The van der Waals surface area contributed by atoms with Gasteiger partial charge in [-0.05, 0) is 19.3 Å². The molecular weight excluding hydrogens is 196 g/mol. The molecule has 0 bridgehead atoms. The Hall–Kier alpha value is -1.36. The highest BCUT2D eigenvalue weighted by Gasteiger charge is 2.26. The van der Waals surface area contributed by atoms with Crippen LogP contribution in [-0.2, 0) is 24.7 Å². The Morgan fingerprint density at radius 3 is 3.07 bits per heavy atom. The van der Waals surface area contributed by atoms with E-state index in [2.05, 4.69) is 5.10 Å². The van der Waals surface area contributed by atoms with Crippen molar-refractivity contribution >= 4 is 5.97 Å². The summed E-state index contributed by atoms with van der Waals surface area (Å²) in [6, 6.07) is 0. The molecule has 82 valence electrons. The van der Waals surface area contributed by atoms with Crippen molar-refractivity contribution in [1.82, 2.24) is 9.78 Å². The number of aliphatic hydroxyl groups excluding tert-OH is 1. The fraction of sp³-hybridized carbons (Fsp3) is 0.600. The van der Waals surface area contributed by atoms with Gasteiger partial charge in [-0.25, -0.2) is 0 Å². The van der Waals surface area contributed by atoms with Gasteiger partial charge in [0.2, 0.25) is 0 Å². The molecule has 1 aliphatic carbocycles. The van der Waals surface area contributed by atoms with Crippen molar-refractivity contribution in [1.29, 1.82) is 0 Å².